The van der Waals surface area contributed by atoms with Crippen molar-refractivity contribution in [3.05, 3.63) is 42.7 Å². The van der Waals surface area contributed by atoms with Crippen molar-refractivity contribution in [2.45, 2.75) is 25.3 Å². The van der Waals surface area contributed by atoms with E-state index in [0.717, 1.165) is 6.54 Å². The van der Waals surface area contributed by atoms with Crippen molar-refractivity contribution < 1.29 is 9.64 Å². The van der Waals surface area contributed by atoms with Crippen molar-refractivity contribution in [3.8, 4) is 0 Å². The van der Waals surface area contributed by atoms with Gasteiger partial charge in [0.25, 0.3) is 5.17 Å². The summed E-state index contributed by atoms with van der Waals surface area (Å²) in [4.78, 5) is 5.82. The molecule has 0 radical (unpaired) electrons. The summed E-state index contributed by atoms with van der Waals surface area (Å²) in [6.45, 7) is 7.09. The average molecular weight is 306 g/mol. The average Bonchev–Trinajstić information content (AvgIpc) is 2.54. The molecule has 21 heavy (non-hydrogen) atoms. The number of hydrogen-bond acceptors (Lipinski definition) is 3. The molecule has 0 spiro atoms. The Morgan fingerprint density at radius 2 is 2.48 bits per heavy atom. The predicted molar refractivity (Wildman–Crippen MR) is 88.3 cm³/mol. The monoisotopic (exact) mass is 306 g/mol. The van der Waals surface area contributed by atoms with Crippen molar-refractivity contribution in [2.24, 2.45) is 0 Å². The van der Waals surface area contributed by atoms with E-state index in [1.807, 2.05) is 18.5 Å². The fourth-order valence-electron chi connectivity index (χ4n) is 2.84. The number of nitrogens with zero attached hydrogens (tertiary/aromatic N) is 1. The van der Waals surface area contributed by atoms with Crippen molar-refractivity contribution >= 4 is 17.4 Å². The zero-order valence-electron chi connectivity index (χ0n) is 12.4. The molecule has 1 aliphatic heterocycles. The first-order chi connectivity index (χ1) is 10.3. The largest absolute Gasteiger partial charge is 0.465 e. The van der Waals surface area contributed by atoms with Gasteiger partial charge < -0.3 is 15.0 Å². The number of thiocarbonyl (C=S) groups is 1. The highest BCUT2D eigenvalue weighted by atomic mass is 32.1. The van der Waals surface area contributed by atoms with E-state index < -0.39 is 0 Å². The van der Waals surface area contributed by atoms with E-state index >= 15 is 0 Å². The fourth-order valence-corrected chi connectivity index (χ4v) is 3.01. The highest BCUT2D eigenvalue weighted by Crippen LogP contribution is 2.18. The van der Waals surface area contributed by atoms with E-state index in [0.29, 0.717) is 24.4 Å². The van der Waals surface area contributed by atoms with Crippen molar-refractivity contribution in [2.75, 3.05) is 26.2 Å². The Labute approximate surface area is 132 Å². The second-order valence-corrected chi connectivity index (χ2v) is 5.67. The summed E-state index contributed by atoms with van der Waals surface area (Å²) in [7, 11) is 0. The Hall–Kier alpha value is -1.46. The van der Waals surface area contributed by atoms with Crippen LogP contribution < -0.4 is 10.2 Å². The molecular weight excluding hydrogens is 282 g/mol. The molecule has 4 nitrogen and oxygen atoms in total. The third-order valence-electron chi connectivity index (χ3n) is 3.87. The minimum absolute atomic E-state index is 0.462. The van der Waals surface area contributed by atoms with E-state index in [1.165, 1.54) is 31.4 Å². The van der Waals surface area contributed by atoms with Gasteiger partial charge in [0.2, 0.25) is 0 Å². The second kappa shape index (κ2) is 8.74. The van der Waals surface area contributed by atoms with Gasteiger partial charge in [0.15, 0.2) is 0 Å². The number of piperidine rings is 1. The van der Waals surface area contributed by atoms with Crippen LogP contribution in [-0.2, 0) is 4.74 Å². The summed E-state index contributed by atoms with van der Waals surface area (Å²) in [5.74, 6) is 0. The van der Waals surface area contributed by atoms with E-state index in [9.17, 15) is 0 Å². The zero-order chi connectivity index (χ0) is 14.9. The van der Waals surface area contributed by atoms with Crippen molar-refractivity contribution in [3.63, 3.8) is 0 Å². The van der Waals surface area contributed by atoms with Gasteiger partial charge in [-0.25, -0.2) is 0 Å². The summed E-state index contributed by atoms with van der Waals surface area (Å²) in [6.07, 6.45) is 9.39. The molecule has 2 rings (SSSR count). The summed E-state index contributed by atoms with van der Waals surface area (Å²) in [5.41, 5.74) is 1.33. The molecular formula is C16H24N3OS+. The number of likely N-dealkylation sites (tertiary alicyclic amines) is 1. The van der Waals surface area contributed by atoms with Crippen LogP contribution in [0.25, 0.3) is 0 Å². The van der Waals surface area contributed by atoms with Gasteiger partial charge in [-0.1, -0.05) is 12.1 Å². The van der Waals surface area contributed by atoms with E-state index in [2.05, 4.69) is 22.9 Å². The molecule has 1 aromatic rings. The van der Waals surface area contributed by atoms with Crippen LogP contribution in [0.2, 0.25) is 0 Å². The van der Waals surface area contributed by atoms with Crippen LogP contribution in [0.3, 0.4) is 0 Å². The van der Waals surface area contributed by atoms with Gasteiger partial charge in [-0.3, -0.25) is 4.98 Å². The Kier molecular flexibility index (Phi) is 6.63. The first kappa shape index (κ1) is 15.9. The lowest BCUT2D eigenvalue weighted by molar-refractivity contribution is -0.937. The number of aromatic nitrogens is 1. The van der Waals surface area contributed by atoms with Crippen molar-refractivity contribution in [1.82, 2.24) is 10.3 Å². The molecule has 0 aromatic carbocycles. The number of nitrogens with one attached hydrogen (secondary N) is 2. The highest BCUT2D eigenvalue weighted by molar-refractivity contribution is 7.80. The van der Waals surface area contributed by atoms with Crippen LogP contribution in [0.15, 0.2) is 37.2 Å². The topological polar surface area (TPSA) is 38.6 Å². The molecule has 0 aliphatic carbocycles. The molecule has 1 fully saturated rings. The number of rotatable bonds is 6. The van der Waals surface area contributed by atoms with Crippen LogP contribution in [0.1, 0.15) is 30.9 Å². The molecule has 2 N–H and O–H groups in total. The minimum atomic E-state index is 0.462. The Bertz CT molecular complexity index is 452. The molecule has 0 bridgehead atoms. The van der Waals surface area contributed by atoms with Crippen LogP contribution >= 0.6 is 12.2 Å². The Morgan fingerprint density at radius 1 is 1.57 bits per heavy atom. The van der Waals surface area contributed by atoms with Gasteiger partial charge in [0.05, 0.1) is 6.54 Å². The highest BCUT2D eigenvalue weighted by Gasteiger charge is 2.27. The molecule has 0 saturated carbocycles. The molecule has 2 heterocycles. The maximum Gasteiger partial charge on any atom is 0.257 e. The van der Waals surface area contributed by atoms with E-state index in [1.54, 1.807) is 11.0 Å². The van der Waals surface area contributed by atoms with E-state index in [4.69, 9.17) is 17.0 Å². The molecule has 1 aliphatic rings. The number of quaternary nitrogens is 1. The molecule has 1 unspecified atom stereocenters. The minimum Gasteiger partial charge on any atom is -0.465 e. The molecule has 1 saturated heterocycles. The Balaban J connectivity index is 1.82. The second-order valence-electron chi connectivity index (χ2n) is 5.30. The first-order valence-electron chi connectivity index (χ1n) is 7.57. The van der Waals surface area contributed by atoms with Crippen LogP contribution in [-0.4, -0.2) is 36.4 Å². The van der Waals surface area contributed by atoms with Gasteiger partial charge in [-0.05, 0) is 31.1 Å². The van der Waals surface area contributed by atoms with E-state index in [-0.39, 0.29) is 0 Å². The number of hydrogen-bond donors (Lipinski definition) is 2. The lowest BCUT2D eigenvalue weighted by atomic mass is 9.96. The van der Waals surface area contributed by atoms with Crippen LogP contribution in [0.5, 0.6) is 0 Å². The quantitative estimate of drug-likeness (QED) is 0.613. The molecule has 0 amide bonds. The standard InChI is InChI=1S/C16H23N3OS/c1-2-8-18-16(21)20-12-11-19-10-4-3-7-15(19)14-6-5-9-17-13-14/h2,5-6,9,13,15H,1,3-4,7-8,10-12H2,(H,18,21)/p+1/t15-/m0/s1. The SMILES string of the molecule is C=CCNC(=S)OCC[NH+]1CCCC[C@H]1c1cccnc1. The van der Waals surface area contributed by atoms with Gasteiger partial charge in [0, 0.05) is 30.9 Å². The zero-order valence-corrected chi connectivity index (χ0v) is 13.2. The van der Waals surface area contributed by atoms with Gasteiger partial charge in [-0.2, -0.15) is 0 Å². The van der Waals surface area contributed by atoms with Crippen molar-refractivity contribution in [1.29, 1.82) is 0 Å². The summed E-state index contributed by atoms with van der Waals surface area (Å²) >= 11 is 5.11. The van der Waals surface area contributed by atoms with Gasteiger partial charge >= 0.3 is 0 Å². The summed E-state index contributed by atoms with van der Waals surface area (Å²) in [6, 6.07) is 4.73. The van der Waals surface area contributed by atoms with Crippen LogP contribution in [0, 0.1) is 0 Å². The molecule has 1 aromatic heterocycles. The third kappa shape index (κ3) is 5.10. The Morgan fingerprint density at radius 3 is 3.24 bits per heavy atom. The summed E-state index contributed by atoms with van der Waals surface area (Å²) < 4.78 is 5.57. The smallest absolute Gasteiger partial charge is 0.257 e. The third-order valence-corrected chi connectivity index (χ3v) is 4.13. The maximum absolute atomic E-state index is 5.57. The van der Waals surface area contributed by atoms with Crippen LogP contribution in [0.4, 0.5) is 0 Å². The fraction of sp³-hybridized carbons (Fsp3) is 0.500. The number of ether oxygens (including phenoxy) is 1. The predicted octanol–water partition coefficient (Wildman–Crippen LogP) is 1.27. The molecule has 2 atom stereocenters. The maximum atomic E-state index is 5.57. The van der Waals surface area contributed by atoms with Gasteiger partial charge in [0.1, 0.15) is 19.2 Å². The van der Waals surface area contributed by atoms with Gasteiger partial charge in [-0.15, -0.1) is 6.58 Å². The number of pyridine rings is 1. The lowest BCUT2D eigenvalue weighted by Crippen LogP contribution is -3.13. The molecule has 114 valence electrons. The first-order valence-corrected chi connectivity index (χ1v) is 7.98. The molecule has 5 heteroatoms. The normalized spacial score (nSPS) is 21.5. The lowest BCUT2D eigenvalue weighted by Gasteiger charge is -2.32. The summed E-state index contributed by atoms with van der Waals surface area (Å²) in [5, 5.41) is 3.45.